The minimum absolute atomic E-state index is 0.000523. The highest BCUT2D eigenvalue weighted by Crippen LogP contribution is 2.24. The lowest BCUT2D eigenvalue weighted by Crippen LogP contribution is -2.27. The number of benzene rings is 1. The number of sulfonamides is 2. The van der Waals surface area contributed by atoms with Crippen molar-refractivity contribution < 1.29 is 21.8 Å². The van der Waals surface area contributed by atoms with Gasteiger partial charge >= 0.3 is 0 Å². The van der Waals surface area contributed by atoms with E-state index >= 15 is 0 Å². The number of nitro benzene ring substituents is 1. The Bertz CT molecular complexity index is 744. The van der Waals surface area contributed by atoms with Crippen LogP contribution >= 0.6 is 0 Å². The molecule has 1 aromatic carbocycles. The zero-order valence-corrected chi connectivity index (χ0v) is 12.4. The van der Waals surface area contributed by atoms with Gasteiger partial charge in [-0.25, -0.2) is 26.7 Å². The van der Waals surface area contributed by atoms with Crippen LogP contribution in [-0.4, -0.2) is 34.1 Å². The first kappa shape index (κ1) is 17.3. The molecule has 0 saturated heterocycles. The van der Waals surface area contributed by atoms with Crippen LogP contribution in [0.1, 0.15) is 6.42 Å². The number of primary sulfonamides is 1. The minimum Gasteiger partial charge on any atom is -0.393 e. The zero-order chi connectivity index (χ0) is 16.3. The van der Waals surface area contributed by atoms with E-state index in [4.69, 9.17) is 10.9 Å². The average Bonchev–Trinajstić information content (AvgIpc) is 2.33. The van der Waals surface area contributed by atoms with Crippen LogP contribution in [0.4, 0.5) is 11.4 Å². The summed E-state index contributed by atoms with van der Waals surface area (Å²) in [7, 11) is -7.59. The van der Waals surface area contributed by atoms with Gasteiger partial charge in [0.15, 0.2) is 0 Å². The van der Waals surface area contributed by atoms with Crippen molar-refractivity contribution in [3.63, 3.8) is 0 Å². The molecule has 0 aromatic heterocycles. The zero-order valence-electron chi connectivity index (χ0n) is 10.7. The number of hydrogen-bond donors (Lipinski definition) is 3. The Morgan fingerprint density at radius 3 is 2.33 bits per heavy atom. The summed E-state index contributed by atoms with van der Waals surface area (Å²) in [5.74, 6) is -0.363. The maximum atomic E-state index is 11.9. The van der Waals surface area contributed by atoms with Gasteiger partial charge in [-0.05, 0) is 18.6 Å². The van der Waals surface area contributed by atoms with Crippen LogP contribution < -0.4 is 15.6 Å². The van der Waals surface area contributed by atoms with Gasteiger partial charge in [-0.1, -0.05) is 0 Å². The Hall–Kier alpha value is -1.76. The Morgan fingerprint density at radius 1 is 1.24 bits per heavy atom. The summed E-state index contributed by atoms with van der Waals surface area (Å²) in [5.41, 5.74) is 4.72. The van der Waals surface area contributed by atoms with Gasteiger partial charge in [-0.2, -0.15) is 0 Å². The molecule has 0 aliphatic heterocycles. The standard InChI is InChI=1S/C9H14N4O6S2/c10-8-6-7(2-3-9(8)13(14)15)21(18,19)12-4-1-5-20(11,16)17/h2-3,6,12H,1,4-5,10H2,(H2,11,16,17). The highest BCUT2D eigenvalue weighted by Gasteiger charge is 2.18. The Kier molecular flexibility index (Phi) is 5.22. The molecular formula is C9H14N4O6S2. The summed E-state index contributed by atoms with van der Waals surface area (Å²) < 4.78 is 47.3. The maximum absolute atomic E-state index is 11.9. The van der Waals surface area contributed by atoms with Crippen LogP contribution in [0.15, 0.2) is 23.1 Å². The lowest BCUT2D eigenvalue weighted by atomic mass is 10.3. The largest absolute Gasteiger partial charge is 0.393 e. The van der Waals surface area contributed by atoms with Gasteiger partial charge in [-0.3, -0.25) is 10.1 Å². The predicted octanol–water partition coefficient (Wildman–Crippen LogP) is -0.866. The molecule has 0 aliphatic carbocycles. The number of nitrogens with zero attached hydrogens (tertiary/aromatic N) is 1. The van der Waals surface area contributed by atoms with Gasteiger partial charge in [0.1, 0.15) is 5.69 Å². The van der Waals surface area contributed by atoms with Crippen molar-refractivity contribution in [2.75, 3.05) is 18.0 Å². The first-order valence-corrected chi connectivity index (χ1v) is 8.77. The van der Waals surface area contributed by atoms with Crippen molar-refractivity contribution >= 4 is 31.4 Å². The molecule has 21 heavy (non-hydrogen) atoms. The summed E-state index contributed by atoms with van der Waals surface area (Å²) in [6.45, 7) is -0.143. The molecule has 1 aromatic rings. The van der Waals surface area contributed by atoms with Gasteiger partial charge in [0.05, 0.1) is 15.6 Å². The average molecular weight is 338 g/mol. The van der Waals surface area contributed by atoms with E-state index in [0.717, 1.165) is 18.2 Å². The fourth-order valence-electron chi connectivity index (χ4n) is 1.43. The van der Waals surface area contributed by atoms with E-state index in [-0.39, 0.29) is 29.3 Å². The second kappa shape index (κ2) is 6.34. The fraction of sp³-hybridized carbons (Fsp3) is 0.333. The predicted molar refractivity (Wildman–Crippen MR) is 75.3 cm³/mol. The van der Waals surface area contributed by atoms with Crippen LogP contribution in [0.2, 0.25) is 0 Å². The highest BCUT2D eigenvalue weighted by atomic mass is 32.2. The molecule has 10 nitrogen and oxygen atoms in total. The van der Waals surface area contributed by atoms with Gasteiger partial charge in [0.2, 0.25) is 20.0 Å². The quantitative estimate of drug-likeness (QED) is 0.250. The van der Waals surface area contributed by atoms with Crippen molar-refractivity contribution in [1.29, 1.82) is 0 Å². The highest BCUT2D eigenvalue weighted by molar-refractivity contribution is 7.89. The second-order valence-electron chi connectivity index (χ2n) is 4.10. The summed E-state index contributed by atoms with van der Waals surface area (Å²) >= 11 is 0. The molecule has 0 amide bonds. The van der Waals surface area contributed by atoms with Gasteiger partial charge < -0.3 is 5.73 Å². The molecule has 0 unspecified atom stereocenters. The third kappa shape index (κ3) is 5.26. The van der Waals surface area contributed by atoms with Crippen molar-refractivity contribution in [3.8, 4) is 0 Å². The lowest BCUT2D eigenvalue weighted by molar-refractivity contribution is -0.383. The topological polar surface area (TPSA) is 175 Å². The van der Waals surface area contributed by atoms with E-state index in [1.807, 2.05) is 0 Å². The number of nitrogen functional groups attached to an aromatic ring is 1. The molecule has 0 radical (unpaired) electrons. The first-order valence-electron chi connectivity index (χ1n) is 5.57. The molecule has 0 spiro atoms. The van der Waals surface area contributed by atoms with E-state index in [1.54, 1.807) is 0 Å². The first-order chi connectivity index (χ1) is 9.53. The van der Waals surface area contributed by atoms with E-state index in [0.29, 0.717) is 0 Å². The van der Waals surface area contributed by atoms with Gasteiger partial charge in [-0.15, -0.1) is 0 Å². The molecule has 0 saturated carbocycles. The summed E-state index contributed by atoms with van der Waals surface area (Å²) in [6, 6.07) is 2.98. The van der Waals surface area contributed by atoms with E-state index in [2.05, 4.69) is 4.72 Å². The van der Waals surface area contributed by atoms with Crippen molar-refractivity contribution in [2.24, 2.45) is 5.14 Å². The van der Waals surface area contributed by atoms with Crippen LogP contribution in [0.25, 0.3) is 0 Å². The smallest absolute Gasteiger partial charge is 0.292 e. The van der Waals surface area contributed by atoms with Crippen molar-refractivity contribution in [3.05, 3.63) is 28.3 Å². The molecule has 0 fully saturated rings. The van der Waals surface area contributed by atoms with E-state index in [9.17, 15) is 26.9 Å². The third-order valence-corrected chi connectivity index (χ3v) is 4.72. The number of nitro groups is 1. The minimum atomic E-state index is -3.93. The number of hydrogen-bond acceptors (Lipinski definition) is 7. The Labute approximate surface area is 121 Å². The molecule has 118 valence electrons. The lowest BCUT2D eigenvalue weighted by Gasteiger charge is -2.07. The van der Waals surface area contributed by atoms with Crippen LogP contribution in [0.3, 0.4) is 0 Å². The van der Waals surface area contributed by atoms with Crippen molar-refractivity contribution in [1.82, 2.24) is 4.72 Å². The monoisotopic (exact) mass is 338 g/mol. The number of nitrogens with one attached hydrogen (secondary N) is 1. The Morgan fingerprint density at radius 2 is 1.86 bits per heavy atom. The summed E-state index contributed by atoms with van der Waals surface area (Å²) in [5, 5.41) is 15.4. The molecule has 0 aliphatic rings. The van der Waals surface area contributed by atoms with Crippen molar-refractivity contribution in [2.45, 2.75) is 11.3 Å². The normalized spacial score (nSPS) is 12.2. The van der Waals surface area contributed by atoms with Gasteiger partial charge in [0.25, 0.3) is 5.69 Å². The second-order valence-corrected chi connectivity index (χ2v) is 7.60. The van der Waals surface area contributed by atoms with Crippen LogP contribution in [0.5, 0.6) is 0 Å². The van der Waals surface area contributed by atoms with E-state index < -0.39 is 30.7 Å². The fourth-order valence-corrected chi connectivity index (χ4v) is 3.08. The Balaban J connectivity index is 2.79. The molecule has 1 rings (SSSR count). The molecule has 0 heterocycles. The summed E-state index contributed by atoms with van der Waals surface area (Å²) in [6.07, 6.45) is 0.000523. The number of nitrogens with two attached hydrogens (primary N) is 2. The molecule has 0 atom stereocenters. The third-order valence-electron chi connectivity index (χ3n) is 2.40. The molecular weight excluding hydrogens is 324 g/mol. The molecule has 5 N–H and O–H groups in total. The number of rotatable bonds is 7. The SMILES string of the molecule is Nc1cc(S(=O)(=O)NCCCS(N)(=O)=O)ccc1[N+](=O)[O-]. The summed E-state index contributed by atoms with van der Waals surface area (Å²) in [4.78, 5) is 9.60. The maximum Gasteiger partial charge on any atom is 0.292 e. The van der Waals surface area contributed by atoms with Gasteiger partial charge in [0, 0.05) is 12.6 Å². The number of anilines is 1. The van der Waals surface area contributed by atoms with Crippen LogP contribution in [0, 0.1) is 10.1 Å². The van der Waals surface area contributed by atoms with Crippen LogP contribution in [-0.2, 0) is 20.0 Å². The molecule has 0 bridgehead atoms. The molecule has 12 heteroatoms. The van der Waals surface area contributed by atoms with E-state index in [1.165, 1.54) is 0 Å².